The predicted octanol–water partition coefficient (Wildman–Crippen LogP) is -0.117. The number of nitrogens with one attached hydrogen (secondary N) is 1. The molecule has 1 rings (SSSR count). The van der Waals surface area contributed by atoms with Crippen LogP contribution in [0, 0.1) is 5.92 Å². The van der Waals surface area contributed by atoms with E-state index in [0.717, 1.165) is 12.8 Å². The zero-order valence-corrected chi connectivity index (χ0v) is 12.3. The van der Waals surface area contributed by atoms with Gasteiger partial charge in [-0.25, -0.2) is 0 Å². The average Bonchev–Trinajstić information content (AvgIpc) is 2.85. The summed E-state index contributed by atoms with van der Waals surface area (Å²) in [6.45, 7) is 2.63. The van der Waals surface area contributed by atoms with Crippen molar-refractivity contribution in [2.24, 2.45) is 5.92 Å². The maximum Gasteiger partial charge on any atom is 0.318 e. The standard InChI is InChI=1S/C14H22N2O5/c1-2-21-14(20)11-8-16(9-12(11)18)13(19)6-4-3-5-7-15-10-17/h10-11H,2-9H2,1H3,(H,15,17). The monoisotopic (exact) mass is 298 g/mol. The lowest BCUT2D eigenvalue weighted by Gasteiger charge is -2.15. The van der Waals surface area contributed by atoms with E-state index in [1.807, 2.05) is 0 Å². The van der Waals surface area contributed by atoms with E-state index in [4.69, 9.17) is 4.74 Å². The number of ether oxygens (including phenoxy) is 1. The first-order valence-electron chi connectivity index (χ1n) is 7.24. The highest BCUT2D eigenvalue weighted by atomic mass is 16.5. The fourth-order valence-electron chi connectivity index (χ4n) is 2.22. The second-order valence-corrected chi connectivity index (χ2v) is 4.93. The zero-order chi connectivity index (χ0) is 15.7. The molecule has 21 heavy (non-hydrogen) atoms. The Hall–Kier alpha value is -1.92. The lowest BCUT2D eigenvalue weighted by atomic mass is 10.1. The van der Waals surface area contributed by atoms with E-state index in [2.05, 4.69) is 5.32 Å². The van der Waals surface area contributed by atoms with Crippen LogP contribution in [0.1, 0.15) is 32.6 Å². The molecule has 1 N–H and O–H groups in total. The van der Waals surface area contributed by atoms with E-state index in [1.165, 1.54) is 4.90 Å². The molecule has 1 fully saturated rings. The van der Waals surface area contributed by atoms with Gasteiger partial charge in [0.05, 0.1) is 13.2 Å². The summed E-state index contributed by atoms with van der Waals surface area (Å²) in [5, 5.41) is 2.56. The first-order chi connectivity index (χ1) is 10.1. The number of Topliss-reactive ketones (excluding diaryl/α,β-unsaturated/α-hetero) is 1. The van der Waals surface area contributed by atoms with Crippen LogP contribution in [-0.4, -0.2) is 55.2 Å². The summed E-state index contributed by atoms with van der Waals surface area (Å²) < 4.78 is 4.83. The molecule has 0 bridgehead atoms. The molecule has 1 aliphatic rings. The number of ketones is 1. The van der Waals surface area contributed by atoms with Crippen LogP contribution >= 0.6 is 0 Å². The third kappa shape index (κ3) is 5.53. The molecule has 0 aromatic carbocycles. The Morgan fingerprint density at radius 3 is 2.81 bits per heavy atom. The van der Waals surface area contributed by atoms with Crippen molar-refractivity contribution in [1.82, 2.24) is 10.2 Å². The van der Waals surface area contributed by atoms with E-state index in [0.29, 0.717) is 25.8 Å². The SMILES string of the molecule is CCOC(=O)C1CN(C(=O)CCCCCNC=O)CC1=O. The van der Waals surface area contributed by atoms with Gasteiger partial charge in [-0.2, -0.15) is 0 Å². The number of unbranched alkanes of at least 4 members (excludes halogenated alkanes) is 2. The van der Waals surface area contributed by atoms with Crippen molar-refractivity contribution < 1.29 is 23.9 Å². The Kier molecular flexibility index (Phi) is 7.42. The first kappa shape index (κ1) is 17.1. The van der Waals surface area contributed by atoms with Crippen molar-refractivity contribution in [2.75, 3.05) is 26.2 Å². The summed E-state index contributed by atoms with van der Waals surface area (Å²) in [4.78, 5) is 46.7. The average molecular weight is 298 g/mol. The Bertz CT molecular complexity index is 397. The Morgan fingerprint density at radius 1 is 1.38 bits per heavy atom. The van der Waals surface area contributed by atoms with Crippen molar-refractivity contribution in [1.29, 1.82) is 0 Å². The van der Waals surface area contributed by atoms with Crippen LogP contribution in [0.4, 0.5) is 0 Å². The number of carbonyl (C=O) groups is 4. The van der Waals surface area contributed by atoms with Crippen LogP contribution in [0.3, 0.4) is 0 Å². The summed E-state index contributed by atoms with van der Waals surface area (Å²) in [6.07, 6.45) is 3.35. The number of esters is 1. The van der Waals surface area contributed by atoms with Crippen molar-refractivity contribution in [2.45, 2.75) is 32.6 Å². The van der Waals surface area contributed by atoms with Crippen LogP contribution in [0.15, 0.2) is 0 Å². The smallest absolute Gasteiger partial charge is 0.318 e. The number of rotatable bonds is 9. The van der Waals surface area contributed by atoms with E-state index in [-0.39, 0.29) is 31.4 Å². The van der Waals surface area contributed by atoms with Gasteiger partial charge in [0.25, 0.3) is 0 Å². The van der Waals surface area contributed by atoms with Gasteiger partial charge in [-0.1, -0.05) is 6.42 Å². The van der Waals surface area contributed by atoms with Crippen molar-refractivity contribution >= 4 is 24.1 Å². The number of likely N-dealkylation sites (tertiary alicyclic amines) is 1. The van der Waals surface area contributed by atoms with Crippen molar-refractivity contribution in [3.63, 3.8) is 0 Å². The van der Waals surface area contributed by atoms with Crippen molar-refractivity contribution in [3.8, 4) is 0 Å². The number of nitrogens with zero attached hydrogens (tertiary/aromatic N) is 1. The lowest BCUT2D eigenvalue weighted by molar-refractivity contribution is -0.149. The molecule has 0 aromatic heterocycles. The molecule has 2 amide bonds. The van der Waals surface area contributed by atoms with Crippen molar-refractivity contribution in [3.05, 3.63) is 0 Å². The molecule has 1 heterocycles. The van der Waals surface area contributed by atoms with Crippen LogP contribution in [0.2, 0.25) is 0 Å². The molecule has 1 unspecified atom stereocenters. The molecule has 1 aliphatic heterocycles. The fourth-order valence-corrected chi connectivity index (χ4v) is 2.22. The molecule has 0 aromatic rings. The third-order valence-corrected chi connectivity index (χ3v) is 3.36. The van der Waals surface area contributed by atoms with E-state index >= 15 is 0 Å². The van der Waals surface area contributed by atoms with Gasteiger partial charge in [0.1, 0.15) is 5.92 Å². The Balaban J connectivity index is 2.28. The van der Waals surface area contributed by atoms with Gasteiger partial charge in [-0.3, -0.25) is 19.2 Å². The van der Waals surface area contributed by atoms with E-state index in [1.54, 1.807) is 6.92 Å². The number of hydrogen-bond acceptors (Lipinski definition) is 5. The predicted molar refractivity (Wildman–Crippen MR) is 74.2 cm³/mol. The highest BCUT2D eigenvalue weighted by Gasteiger charge is 2.38. The normalized spacial score (nSPS) is 17.7. The minimum absolute atomic E-state index is 0.00495. The van der Waals surface area contributed by atoms with Crippen LogP contribution in [-0.2, 0) is 23.9 Å². The van der Waals surface area contributed by atoms with Gasteiger partial charge >= 0.3 is 5.97 Å². The topological polar surface area (TPSA) is 92.8 Å². The van der Waals surface area contributed by atoms with Crippen LogP contribution in [0.25, 0.3) is 0 Å². The van der Waals surface area contributed by atoms with Gasteiger partial charge in [-0.05, 0) is 19.8 Å². The summed E-state index contributed by atoms with van der Waals surface area (Å²) in [6, 6.07) is 0. The number of amides is 2. The highest BCUT2D eigenvalue weighted by Crippen LogP contribution is 2.16. The Labute approximate surface area is 124 Å². The van der Waals surface area contributed by atoms with E-state index < -0.39 is 11.9 Å². The maximum absolute atomic E-state index is 12.0. The molecule has 7 nitrogen and oxygen atoms in total. The summed E-state index contributed by atoms with van der Waals surface area (Å²) in [5.41, 5.74) is 0. The molecule has 1 atom stereocenters. The molecule has 0 aliphatic carbocycles. The Morgan fingerprint density at radius 2 is 2.14 bits per heavy atom. The third-order valence-electron chi connectivity index (χ3n) is 3.36. The molecule has 0 radical (unpaired) electrons. The van der Waals surface area contributed by atoms with E-state index in [9.17, 15) is 19.2 Å². The molecular weight excluding hydrogens is 276 g/mol. The second kappa shape index (κ2) is 9.10. The molecule has 118 valence electrons. The van der Waals surface area contributed by atoms with Gasteiger partial charge in [0.2, 0.25) is 12.3 Å². The minimum Gasteiger partial charge on any atom is -0.465 e. The highest BCUT2D eigenvalue weighted by molar-refractivity contribution is 6.03. The quantitative estimate of drug-likeness (QED) is 0.277. The number of hydrogen-bond donors (Lipinski definition) is 1. The lowest BCUT2D eigenvalue weighted by Crippen LogP contribution is -2.30. The molecule has 0 spiro atoms. The van der Waals surface area contributed by atoms with Gasteiger partial charge in [0.15, 0.2) is 5.78 Å². The van der Waals surface area contributed by atoms with Gasteiger partial charge in [0, 0.05) is 19.5 Å². The first-order valence-corrected chi connectivity index (χ1v) is 7.24. The summed E-state index contributed by atoms with van der Waals surface area (Å²) in [5.74, 6) is -1.74. The summed E-state index contributed by atoms with van der Waals surface area (Å²) >= 11 is 0. The van der Waals surface area contributed by atoms with Crippen LogP contribution in [0.5, 0.6) is 0 Å². The second-order valence-electron chi connectivity index (χ2n) is 4.93. The minimum atomic E-state index is -0.828. The zero-order valence-electron chi connectivity index (χ0n) is 12.3. The molecule has 0 saturated carbocycles. The maximum atomic E-state index is 12.0. The number of carbonyl (C=O) groups excluding carboxylic acids is 4. The largest absolute Gasteiger partial charge is 0.465 e. The van der Waals surface area contributed by atoms with Gasteiger partial charge < -0.3 is 15.0 Å². The molecule has 7 heteroatoms. The fraction of sp³-hybridized carbons (Fsp3) is 0.714. The summed E-state index contributed by atoms with van der Waals surface area (Å²) in [7, 11) is 0. The van der Waals surface area contributed by atoms with Crippen LogP contribution < -0.4 is 5.32 Å². The molecular formula is C14H22N2O5. The molecule has 1 saturated heterocycles. The van der Waals surface area contributed by atoms with Gasteiger partial charge in [-0.15, -0.1) is 0 Å².